The zero-order chi connectivity index (χ0) is 20.5. The Balaban J connectivity index is 1.47. The summed E-state index contributed by atoms with van der Waals surface area (Å²) in [6, 6.07) is 11.5. The molecule has 3 heterocycles. The van der Waals surface area contributed by atoms with E-state index in [-0.39, 0.29) is 30.2 Å². The van der Waals surface area contributed by atoms with E-state index in [0.29, 0.717) is 22.9 Å². The number of carbonyl (C=O) groups is 1. The van der Waals surface area contributed by atoms with E-state index in [0.717, 1.165) is 17.1 Å². The van der Waals surface area contributed by atoms with E-state index in [9.17, 15) is 4.79 Å². The molecule has 1 aromatic carbocycles. The third kappa shape index (κ3) is 3.83. The Morgan fingerprint density at radius 2 is 2.00 bits per heavy atom. The maximum atomic E-state index is 13.0. The second kappa shape index (κ2) is 7.84. The van der Waals surface area contributed by atoms with Gasteiger partial charge >= 0.3 is 0 Å². The molecule has 29 heavy (non-hydrogen) atoms. The maximum Gasteiger partial charge on any atom is 0.254 e. The average Bonchev–Trinajstić information content (AvgIpc) is 3.39. The van der Waals surface area contributed by atoms with Crippen LogP contribution in [0.3, 0.4) is 0 Å². The Kier molecular flexibility index (Phi) is 5.25. The highest BCUT2D eigenvalue weighted by atomic mass is 32.1. The number of carbonyl (C=O) groups excluding carboxylic acids is 1. The molecule has 1 aliphatic heterocycles. The first-order valence-corrected chi connectivity index (χ1v) is 10.8. The van der Waals surface area contributed by atoms with Gasteiger partial charge in [-0.3, -0.25) is 15.6 Å². The van der Waals surface area contributed by atoms with Crippen molar-refractivity contribution in [2.24, 2.45) is 0 Å². The quantitative estimate of drug-likeness (QED) is 0.495. The van der Waals surface area contributed by atoms with E-state index in [2.05, 4.69) is 15.4 Å². The number of piperazine rings is 1. The van der Waals surface area contributed by atoms with Crippen LogP contribution in [0, 0.1) is 17.7 Å². The van der Waals surface area contributed by atoms with E-state index in [1.165, 1.54) is 4.88 Å². The van der Waals surface area contributed by atoms with Gasteiger partial charge in [-0.25, -0.2) is 4.98 Å². The molecule has 1 amide bonds. The molecule has 3 aromatic rings. The first-order valence-electron chi connectivity index (χ1n) is 9.13. The second-order valence-corrected chi connectivity index (χ2v) is 8.60. The molecule has 0 bridgehead atoms. The molecular formula is C20H20N6OS2. The van der Waals surface area contributed by atoms with E-state index in [1.807, 2.05) is 42.6 Å². The van der Waals surface area contributed by atoms with Crippen molar-refractivity contribution in [3.8, 4) is 10.4 Å². The molecular weight excluding hydrogens is 404 g/mol. The van der Waals surface area contributed by atoms with E-state index >= 15 is 0 Å². The van der Waals surface area contributed by atoms with Gasteiger partial charge in [-0.15, -0.1) is 11.3 Å². The number of hydrogen-bond donors (Lipinski definition) is 2. The standard InChI is InChI=1S/C20H20N6OS2/c1-12-10-25(11-17(21)26(12)18(22)19-23-13(2)24-29-19)20(27)15-7-5-14(6-8-15)16-4-3-9-28-16/h3-9,12,21-22H,10-11H2,1-2H3. The molecule has 4 rings (SSSR count). The summed E-state index contributed by atoms with van der Waals surface area (Å²) in [5.74, 6) is 0.900. The highest BCUT2D eigenvalue weighted by Crippen LogP contribution is 2.25. The Hall–Kier alpha value is -2.91. The third-order valence-electron chi connectivity index (χ3n) is 4.75. The lowest BCUT2D eigenvalue weighted by atomic mass is 10.1. The summed E-state index contributed by atoms with van der Waals surface area (Å²) in [4.78, 5) is 21.7. The first-order chi connectivity index (χ1) is 13.9. The molecule has 7 nitrogen and oxygen atoms in total. The highest BCUT2D eigenvalue weighted by molar-refractivity contribution is 7.13. The molecule has 0 radical (unpaired) electrons. The number of rotatable bonds is 3. The maximum absolute atomic E-state index is 13.0. The van der Waals surface area contributed by atoms with Gasteiger partial charge in [0.15, 0.2) is 10.8 Å². The summed E-state index contributed by atoms with van der Waals surface area (Å²) in [5, 5.41) is 19.4. The van der Waals surface area contributed by atoms with Crippen LogP contribution in [0.25, 0.3) is 10.4 Å². The van der Waals surface area contributed by atoms with E-state index in [1.54, 1.807) is 28.1 Å². The largest absolute Gasteiger partial charge is 0.329 e. The van der Waals surface area contributed by atoms with Crippen molar-refractivity contribution in [2.75, 3.05) is 13.1 Å². The first kappa shape index (κ1) is 19.4. The second-order valence-electron chi connectivity index (χ2n) is 6.90. The van der Waals surface area contributed by atoms with Gasteiger partial charge in [0, 0.05) is 17.0 Å². The molecule has 2 aromatic heterocycles. The lowest BCUT2D eigenvalue weighted by molar-refractivity contribution is 0.0730. The summed E-state index contributed by atoms with van der Waals surface area (Å²) < 4.78 is 4.12. The minimum absolute atomic E-state index is 0.0998. The zero-order valence-corrected chi connectivity index (χ0v) is 17.7. The Bertz CT molecular complexity index is 1060. The fourth-order valence-corrected chi connectivity index (χ4v) is 4.75. The van der Waals surface area contributed by atoms with Gasteiger partial charge in [-0.1, -0.05) is 18.2 Å². The van der Waals surface area contributed by atoms with Crippen LogP contribution < -0.4 is 0 Å². The molecule has 1 unspecified atom stereocenters. The number of amidine groups is 2. The normalized spacial score (nSPS) is 16.9. The van der Waals surface area contributed by atoms with Crippen molar-refractivity contribution in [3.63, 3.8) is 0 Å². The molecule has 1 fully saturated rings. The minimum Gasteiger partial charge on any atom is -0.329 e. The van der Waals surface area contributed by atoms with Crippen LogP contribution in [-0.2, 0) is 0 Å². The number of aromatic nitrogens is 2. The average molecular weight is 425 g/mol. The van der Waals surface area contributed by atoms with Gasteiger partial charge in [0.1, 0.15) is 11.7 Å². The van der Waals surface area contributed by atoms with Gasteiger partial charge in [-0.2, -0.15) is 4.37 Å². The summed E-state index contributed by atoms with van der Waals surface area (Å²) in [5.41, 5.74) is 1.69. The third-order valence-corrected chi connectivity index (χ3v) is 6.48. The van der Waals surface area contributed by atoms with Crippen LogP contribution in [-0.4, -0.2) is 55.9 Å². The topological polar surface area (TPSA) is 97.0 Å². The van der Waals surface area contributed by atoms with Crippen molar-refractivity contribution in [3.05, 3.63) is 58.2 Å². The Labute approximate surface area is 176 Å². The van der Waals surface area contributed by atoms with Gasteiger partial charge in [0.05, 0.1) is 12.6 Å². The molecule has 1 atom stereocenters. The lowest BCUT2D eigenvalue weighted by Crippen LogP contribution is -2.58. The van der Waals surface area contributed by atoms with Crippen molar-refractivity contribution >= 4 is 40.4 Å². The van der Waals surface area contributed by atoms with Crippen LogP contribution in [0.5, 0.6) is 0 Å². The molecule has 0 aliphatic carbocycles. The number of nitrogens with one attached hydrogen (secondary N) is 2. The van der Waals surface area contributed by atoms with Crippen molar-refractivity contribution in [2.45, 2.75) is 19.9 Å². The van der Waals surface area contributed by atoms with E-state index in [4.69, 9.17) is 10.8 Å². The number of thiophene rings is 1. The molecule has 2 N–H and O–H groups in total. The SMILES string of the molecule is Cc1nsc(C(=N)N2C(=N)CN(C(=O)c3ccc(-c4cccs4)cc3)CC2C)n1. The number of hydrogen-bond acceptors (Lipinski definition) is 7. The van der Waals surface area contributed by atoms with Gasteiger partial charge in [-0.05, 0) is 54.5 Å². The molecule has 1 saturated heterocycles. The number of nitrogens with zero attached hydrogens (tertiary/aromatic N) is 4. The molecule has 1 aliphatic rings. The Morgan fingerprint density at radius 1 is 1.24 bits per heavy atom. The highest BCUT2D eigenvalue weighted by Gasteiger charge is 2.34. The summed E-state index contributed by atoms with van der Waals surface area (Å²) in [6.45, 7) is 4.29. The van der Waals surface area contributed by atoms with Gasteiger partial charge in [0.2, 0.25) is 0 Å². The number of amides is 1. The monoisotopic (exact) mass is 424 g/mol. The summed E-state index contributed by atoms with van der Waals surface area (Å²) >= 11 is 2.82. The van der Waals surface area contributed by atoms with Crippen molar-refractivity contribution < 1.29 is 4.79 Å². The van der Waals surface area contributed by atoms with Crippen LogP contribution in [0.4, 0.5) is 0 Å². The molecule has 9 heteroatoms. The molecule has 0 saturated carbocycles. The molecule has 0 spiro atoms. The minimum atomic E-state index is -0.192. The zero-order valence-electron chi connectivity index (χ0n) is 16.0. The summed E-state index contributed by atoms with van der Waals surface area (Å²) in [7, 11) is 0. The lowest BCUT2D eigenvalue weighted by Gasteiger charge is -2.40. The van der Waals surface area contributed by atoms with Crippen LogP contribution in [0.15, 0.2) is 41.8 Å². The van der Waals surface area contributed by atoms with Crippen LogP contribution in [0.2, 0.25) is 0 Å². The smallest absolute Gasteiger partial charge is 0.254 e. The Morgan fingerprint density at radius 3 is 2.59 bits per heavy atom. The number of aryl methyl sites for hydroxylation is 1. The van der Waals surface area contributed by atoms with Crippen molar-refractivity contribution in [1.82, 2.24) is 19.2 Å². The summed E-state index contributed by atoms with van der Waals surface area (Å²) in [6.07, 6.45) is 0. The molecule has 148 valence electrons. The fourth-order valence-electron chi connectivity index (χ4n) is 3.40. The predicted octanol–water partition coefficient (Wildman–Crippen LogP) is 3.72. The van der Waals surface area contributed by atoms with Crippen LogP contribution >= 0.6 is 22.9 Å². The van der Waals surface area contributed by atoms with E-state index < -0.39 is 0 Å². The van der Waals surface area contributed by atoms with Gasteiger partial charge in [0.25, 0.3) is 5.91 Å². The number of benzene rings is 1. The van der Waals surface area contributed by atoms with Crippen molar-refractivity contribution in [1.29, 1.82) is 10.8 Å². The fraction of sp³-hybridized carbons (Fsp3) is 0.250. The van der Waals surface area contributed by atoms with Crippen LogP contribution in [0.1, 0.15) is 28.1 Å². The van der Waals surface area contributed by atoms with Gasteiger partial charge < -0.3 is 9.80 Å². The predicted molar refractivity (Wildman–Crippen MR) is 116 cm³/mol.